The first-order valence-electron chi connectivity index (χ1n) is 17.5. The molecule has 0 unspecified atom stereocenters. The number of para-hydroxylation sites is 1. The van der Waals surface area contributed by atoms with E-state index in [9.17, 15) is 29.2 Å². The van der Waals surface area contributed by atoms with E-state index in [1.54, 1.807) is 6.20 Å². The summed E-state index contributed by atoms with van der Waals surface area (Å²) in [6, 6.07) is 29.7. The first-order chi connectivity index (χ1) is 25.7. The summed E-state index contributed by atoms with van der Waals surface area (Å²) < 4.78 is 0. The zero-order valence-corrected chi connectivity index (χ0v) is 28.8. The number of carbonyl (C=O) groups excluding carboxylic acids is 4. The molecule has 7 aromatic rings. The second kappa shape index (κ2) is 15.2. The maximum atomic E-state index is 13.7. The predicted molar refractivity (Wildman–Crippen MR) is 207 cm³/mol. The van der Waals surface area contributed by atoms with Crippen molar-refractivity contribution in [3.63, 3.8) is 0 Å². The number of H-pyrrole nitrogens is 1. The molecule has 12 heteroatoms. The van der Waals surface area contributed by atoms with Crippen molar-refractivity contribution in [2.45, 2.75) is 37.8 Å². The van der Waals surface area contributed by atoms with Crippen LogP contribution in [-0.4, -0.2) is 64.4 Å². The minimum atomic E-state index is -1.70. The normalized spacial score (nSPS) is 12.6. The van der Waals surface area contributed by atoms with Crippen molar-refractivity contribution in [3.05, 3.63) is 126 Å². The quantitative estimate of drug-likeness (QED) is 0.0517. The van der Waals surface area contributed by atoms with Crippen molar-refractivity contribution in [1.29, 1.82) is 0 Å². The lowest BCUT2D eigenvalue weighted by atomic mass is 9.80. The second-order valence-electron chi connectivity index (χ2n) is 13.3. The molecule has 0 fully saturated rings. The minimum absolute atomic E-state index is 0.135. The highest BCUT2D eigenvalue weighted by Crippen LogP contribution is 2.36. The summed E-state index contributed by atoms with van der Waals surface area (Å²) in [5.41, 5.74) is 8.71. The predicted octanol–water partition coefficient (Wildman–Crippen LogP) is 3.20. The Hall–Kier alpha value is -6.24. The summed E-state index contributed by atoms with van der Waals surface area (Å²) >= 11 is 0. The average Bonchev–Trinajstić information content (AvgIpc) is 3.57. The molecule has 1 aromatic heterocycles. The van der Waals surface area contributed by atoms with Gasteiger partial charge in [-0.2, -0.15) is 0 Å². The van der Waals surface area contributed by atoms with Crippen molar-refractivity contribution < 1.29 is 29.2 Å². The van der Waals surface area contributed by atoms with Crippen molar-refractivity contribution in [2.75, 3.05) is 6.54 Å². The Balaban J connectivity index is 1.03. The number of hydrogen-bond donors (Lipinski definition) is 7. The van der Waals surface area contributed by atoms with Gasteiger partial charge in [-0.3, -0.25) is 19.2 Å². The molecule has 0 aliphatic carbocycles. The molecule has 11 nitrogen and oxygen atoms in total. The van der Waals surface area contributed by atoms with Gasteiger partial charge in [0.1, 0.15) is 12.1 Å². The molecule has 0 aliphatic rings. The zero-order valence-electron chi connectivity index (χ0n) is 28.8. The van der Waals surface area contributed by atoms with Crippen LogP contribution >= 0.6 is 0 Å². The van der Waals surface area contributed by atoms with Crippen LogP contribution in [0.2, 0.25) is 0 Å². The molecule has 1 heterocycles. The molecule has 0 aliphatic heterocycles. The SMILES string of the molecule is NC(=O)[C@H](Cc1c[nH]c2ccccc12)NC(=O)[C@H](CCCNC(=O)Cc1ccc2ccc3cccc4ccc1c2c34)NC(=O)c1ccc(B(O)O)cc1. The molecule has 0 saturated heterocycles. The number of fused-ring (bicyclic) bond motifs is 1. The van der Waals surface area contributed by atoms with E-state index >= 15 is 0 Å². The van der Waals surface area contributed by atoms with E-state index in [2.05, 4.69) is 57.3 Å². The summed E-state index contributed by atoms with van der Waals surface area (Å²) in [6.07, 6.45) is 2.55. The Morgan fingerprint density at radius 3 is 2.15 bits per heavy atom. The second-order valence-corrected chi connectivity index (χ2v) is 13.3. The number of aromatic nitrogens is 1. The topological polar surface area (TPSA) is 187 Å². The van der Waals surface area contributed by atoms with Crippen LogP contribution in [0.3, 0.4) is 0 Å². The molecule has 53 heavy (non-hydrogen) atoms. The highest BCUT2D eigenvalue weighted by Gasteiger charge is 2.27. The Labute approximate surface area is 305 Å². The van der Waals surface area contributed by atoms with E-state index in [1.165, 1.54) is 29.7 Å². The standard InChI is InChI=1S/C41H38BN5O6/c43-39(49)35(21-29-23-45-33-8-2-1-7-31(29)33)47-41(51)34(46-40(50)27-14-17-30(18-15-27)42(52)53)9-4-20-44-36(48)22-28-13-12-26-11-10-24-5-3-6-25-16-19-32(28)38(26)37(24)25/h1-3,5-8,10-19,23,34-35,45,52-53H,4,9,20-22H2,(H2,43,49)(H,44,48)(H,46,50)(H,47,51)/t34-,35-/m0/s1. The van der Waals surface area contributed by atoms with Gasteiger partial charge in [-0.05, 0) is 79.9 Å². The van der Waals surface area contributed by atoms with Gasteiger partial charge in [-0.15, -0.1) is 0 Å². The molecule has 2 atom stereocenters. The maximum absolute atomic E-state index is 13.7. The van der Waals surface area contributed by atoms with Crippen LogP contribution in [-0.2, 0) is 27.2 Å². The molecular weight excluding hydrogens is 669 g/mol. The largest absolute Gasteiger partial charge is 0.488 e. The van der Waals surface area contributed by atoms with Crippen LogP contribution in [0.1, 0.15) is 34.3 Å². The number of rotatable bonds is 14. The summed E-state index contributed by atoms with van der Waals surface area (Å²) in [5, 5.41) is 34.9. The molecule has 0 spiro atoms. The lowest BCUT2D eigenvalue weighted by molar-refractivity contribution is -0.128. The molecule has 0 radical (unpaired) electrons. The number of nitrogens with one attached hydrogen (secondary N) is 4. The van der Waals surface area contributed by atoms with Gasteiger partial charge >= 0.3 is 7.12 Å². The number of primary amides is 1. The third-order valence-corrected chi connectivity index (χ3v) is 9.81. The monoisotopic (exact) mass is 707 g/mol. The van der Waals surface area contributed by atoms with E-state index in [1.807, 2.05) is 42.5 Å². The highest BCUT2D eigenvalue weighted by molar-refractivity contribution is 6.58. The van der Waals surface area contributed by atoms with Gasteiger partial charge in [0.2, 0.25) is 17.7 Å². The van der Waals surface area contributed by atoms with Gasteiger partial charge < -0.3 is 36.7 Å². The van der Waals surface area contributed by atoms with Crippen molar-refractivity contribution in [1.82, 2.24) is 20.9 Å². The van der Waals surface area contributed by atoms with E-state index in [4.69, 9.17) is 5.73 Å². The summed E-state index contributed by atoms with van der Waals surface area (Å²) in [6.45, 7) is 0.238. The smallest absolute Gasteiger partial charge is 0.423 e. The molecular formula is C41H38BN5O6. The Kier molecular flexibility index (Phi) is 10.1. The summed E-state index contributed by atoms with van der Waals surface area (Å²) in [5.74, 6) is -2.09. The van der Waals surface area contributed by atoms with Crippen LogP contribution in [0.4, 0.5) is 0 Å². The van der Waals surface area contributed by atoms with Crippen molar-refractivity contribution >= 4 is 79.4 Å². The fourth-order valence-electron chi connectivity index (χ4n) is 7.05. The van der Waals surface area contributed by atoms with Gasteiger partial charge in [0, 0.05) is 35.6 Å². The molecule has 0 bridgehead atoms. The molecule has 4 amide bonds. The number of benzene rings is 6. The summed E-state index contributed by atoms with van der Waals surface area (Å²) in [4.78, 5) is 55.9. The van der Waals surface area contributed by atoms with E-state index < -0.39 is 36.9 Å². The van der Waals surface area contributed by atoms with Gasteiger partial charge in [-0.25, -0.2) is 0 Å². The average molecular weight is 708 g/mol. The van der Waals surface area contributed by atoms with Crippen LogP contribution in [0, 0.1) is 0 Å². The van der Waals surface area contributed by atoms with Crippen molar-refractivity contribution in [3.8, 4) is 0 Å². The van der Waals surface area contributed by atoms with Gasteiger partial charge in [-0.1, -0.05) is 84.9 Å². The minimum Gasteiger partial charge on any atom is -0.423 e. The van der Waals surface area contributed by atoms with Crippen molar-refractivity contribution in [2.24, 2.45) is 5.73 Å². The lowest BCUT2D eigenvalue weighted by Gasteiger charge is -2.22. The third-order valence-electron chi connectivity index (χ3n) is 9.81. The molecule has 6 aromatic carbocycles. The molecule has 8 N–H and O–H groups in total. The third kappa shape index (κ3) is 7.55. The van der Waals surface area contributed by atoms with Gasteiger partial charge in [0.25, 0.3) is 5.91 Å². The first kappa shape index (κ1) is 35.2. The molecule has 7 rings (SSSR count). The Morgan fingerprint density at radius 1 is 0.717 bits per heavy atom. The first-order valence-corrected chi connectivity index (χ1v) is 17.5. The number of carbonyl (C=O) groups is 4. The van der Waals surface area contributed by atoms with Crippen LogP contribution in [0.25, 0.3) is 43.2 Å². The van der Waals surface area contributed by atoms with Gasteiger partial charge in [0.05, 0.1) is 6.42 Å². The lowest BCUT2D eigenvalue weighted by Crippen LogP contribution is -2.53. The van der Waals surface area contributed by atoms with Crippen LogP contribution in [0.5, 0.6) is 0 Å². The molecule has 0 saturated carbocycles. The summed E-state index contributed by atoms with van der Waals surface area (Å²) in [7, 11) is -1.70. The van der Waals surface area contributed by atoms with E-state index in [0.717, 1.165) is 49.0 Å². The number of hydrogen-bond acceptors (Lipinski definition) is 6. The van der Waals surface area contributed by atoms with Gasteiger partial charge in [0.15, 0.2) is 0 Å². The fraction of sp³-hybridized carbons (Fsp3) is 0.171. The molecule has 266 valence electrons. The van der Waals surface area contributed by atoms with E-state index in [-0.39, 0.29) is 42.7 Å². The Bertz CT molecular complexity index is 2450. The number of aromatic amines is 1. The fourth-order valence-corrected chi connectivity index (χ4v) is 7.05. The number of nitrogens with two attached hydrogens (primary N) is 1. The Morgan fingerprint density at radius 2 is 1.42 bits per heavy atom. The van der Waals surface area contributed by atoms with Crippen LogP contribution < -0.4 is 27.1 Å². The van der Waals surface area contributed by atoms with E-state index in [0.29, 0.717) is 6.42 Å². The van der Waals surface area contributed by atoms with Crippen LogP contribution in [0.15, 0.2) is 109 Å². The maximum Gasteiger partial charge on any atom is 0.488 e. The number of amides is 4. The highest BCUT2D eigenvalue weighted by atomic mass is 16.4. The zero-order chi connectivity index (χ0) is 37.1.